The van der Waals surface area contributed by atoms with E-state index >= 15 is 0 Å². The zero-order valence-corrected chi connectivity index (χ0v) is 14.3. The van der Waals surface area contributed by atoms with E-state index in [2.05, 4.69) is 37.5 Å². The van der Waals surface area contributed by atoms with Gasteiger partial charge in [0.1, 0.15) is 0 Å². The molecule has 2 heteroatoms. The van der Waals surface area contributed by atoms with Crippen molar-refractivity contribution < 1.29 is 0 Å². The molecule has 1 saturated heterocycles. The molecule has 0 aromatic rings. The summed E-state index contributed by atoms with van der Waals surface area (Å²) in [4.78, 5) is 5.66. The molecule has 2 nitrogen and oxygen atoms in total. The van der Waals surface area contributed by atoms with Crippen LogP contribution in [-0.4, -0.2) is 48.1 Å². The zero-order chi connectivity index (χ0) is 14.5. The van der Waals surface area contributed by atoms with Crippen LogP contribution in [-0.2, 0) is 0 Å². The predicted octanol–water partition coefficient (Wildman–Crippen LogP) is 4.01. The molecule has 2 rings (SSSR count). The molecule has 0 radical (unpaired) electrons. The number of hydrogen-bond donors (Lipinski definition) is 0. The van der Waals surface area contributed by atoms with Gasteiger partial charge in [0, 0.05) is 25.2 Å². The van der Waals surface area contributed by atoms with E-state index in [1.807, 2.05) is 0 Å². The van der Waals surface area contributed by atoms with Gasteiger partial charge in [0.15, 0.2) is 0 Å². The molecular formula is C18H36N2. The average molecular weight is 280 g/mol. The second kappa shape index (κ2) is 7.79. The molecule has 0 N–H and O–H groups in total. The fourth-order valence-electron chi connectivity index (χ4n) is 3.94. The molecule has 0 spiro atoms. The summed E-state index contributed by atoms with van der Waals surface area (Å²) in [6.45, 7) is 14.7. The van der Waals surface area contributed by atoms with Gasteiger partial charge in [-0.3, -0.25) is 9.80 Å². The molecule has 0 amide bonds. The van der Waals surface area contributed by atoms with Crippen molar-refractivity contribution in [3.05, 3.63) is 0 Å². The van der Waals surface area contributed by atoms with Gasteiger partial charge in [-0.05, 0) is 50.6 Å². The zero-order valence-electron chi connectivity index (χ0n) is 14.3. The Labute approximate surface area is 126 Å². The summed E-state index contributed by atoms with van der Waals surface area (Å²) in [5.74, 6) is 1.69. The highest BCUT2D eigenvalue weighted by atomic mass is 15.3. The van der Waals surface area contributed by atoms with Crippen LogP contribution in [0.5, 0.6) is 0 Å². The fourth-order valence-corrected chi connectivity index (χ4v) is 3.94. The van der Waals surface area contributed by atoms with Gasteiger partial charge < -0.3 is 0 Å². The SMILES string of the molecule is CC(C)CCN1CCN(CCC(C)C)[C@H]2CCCC[C@@H]21. The fraction of sp³-hybridized carbons (Fsp3) is 1.00. The molecule has 0 aromatic carbocycles. The minimum Gasteiger partial charge on any atom is -0.298 e. The van der Waals surface area contributed by atoms with Crippen molar-refractivity contribution in [1.82, 2.24) is 9.80 Å². The molecule has 0 bridgehead atoms. The van der Waals surface area contributed by atoms with Gasteiger partial charge >= 0.3 is 0 Å². The number of nitrogens with zero attached hydrogens (tertiary/aromatic N) is 2. The van der Waals surface area contributed by atoms with E-state index in [4.69, 9.17) is 0 Å². The van der Waals surface area contributed by atoms with E-state index < -0.39 is 0 Å². The molecule has 20 heavy (non-hydrogen) atoms. The number of hydrogen-bond acceptors (Lipinski definition) is 2. The van der Waals surface area contributed by atoms with Crippen molar-refractivity contribution in [2.75, 3.05) is 26.2 Å². The first-order chi connectivity index (χ1) is 9.58. The van der Waals surface area contributed by atoms with Crippen molar-refractivity contribution in [3.63, 3.8) is 0 Å². The molecule has 2 fully saturated rings. The number of rotatable bonds is 6. The minimum atomic E-state index is 0.844. The van der Waals surface area contributed by atoms with E-state index in [0.717, 1.165) is 23.9 Å². The van der Waals surface area contributed by atoms with Crippen LogP contribution in [0.25, 0.3) is 0 Å². The Balaban J connectivity index is 1.91. The maximum absolute atomic E-state index is 2.83. The van der Waals surface area contributed by atoms with Crippen LogP contribution < -0.4 is 0 Å². The van der Waals surface area contributed by atoms with Crippen LogP contribution in [0.15, 0.2) is 0 Å². The third-order valence-corrected chi connectivity index (χ3v) is 5.29. The van der Waals surface area contributed by atoms with Gasteiger partial charge in [-0.15, -0.1) is 0 Å². The molecular weight excluding hydrogens is 244 g/mol. The second-order valence-electron chi connectivity index (χ2n) is 7.86. The van der Waals surface area contributed by atoms with Gasteiger partial charge in [0.25, 0.3) is 0 Å². The van der Waals surface area contributed by atoms with Crippen molar-refractivity contribution >= 4 is 0 Å². The molecule has 0 unspecified atom stereocenters. The number of piperazine rings is 1. The summed E-state index contributed by atoms with van der Waals surface area (Å²) in [6, 6.07) is 1.73. The van der Waals surface area contributed by atoms with Crippen LogP contribution in [0.4, 0.5) is 0 Å². The van der Waals surface area contributed by atoms with E-state index in [0.29, 0.717) is 0 Å². The Kier molecular flexibility index (Phi) is 6.35. The quantitative estimate of drug-likeness (QED) is 0.725. The summed E-state index contributed by atoms with van der Waals surface area (Å²) in [6.07, 6.45) is 8.54. The maximum atomic E-state index is 2.83. The summed E-state index contributed by atoms with van der Waals surface area (Å²) in [7, 11) is 0. The monoisotopic (exact) mass is 280 g/mol. The Hall–Kier alpha value is -0.0800. The van der Waals surface area contributed by atoms with Crippen LogP contribution in [0.3, 0.4) is 0 Å². The smallest absolute Gasteiger partial charge is 0.0252 e. The van der Waals surface area contributed by atoms with E-state index in [1.54, 1.807) is 0 Å². The summed E-state index contributed by atoms with van der Waals surface area (Å²) < 4.78 is 0. The Bertz CT molecular complexity index is 247. The first-order valence-electron chi connectivity index (χ1n) is 9.06. The van der Waals surface area contributed by atoms with E-state index in [-0.39, 0.29) is 0 Å². The van der Waals surface area contributed by atoms with Crippen molar-refractivity contribution in [2.24, 2.45) is 11.8 Å². The van der Waals surface area contributed by atoms with Crippen LogP contribution in [0.2, 0.25) is 0 Å². The van der Waals surface area contributed by atoms with Gasteiger partial charge in [-0.1, -0.05) is 40.5 Å². The second-order valence-corrected chi connectivity index (χ2v) is 7.86. The molecule has 1 aliphatic heterocycles. The lowest BCUT2D eigenvalue weighted by molar-refractivity contribution is -0.00770. The lowest BCUT2D eigenvalue weighted by atomic mass is 9.85. The molecule has 1 heterocycles. The average Bonchev–Trinajstić information content (AvgIpc) is 2.43. The number of fused-ring (bicyclic) bond motifs is 1. The maximum Gasteiger partial charge on any atom is 0.0252 e. The lowest BCUT2D eigenvalue weighted by Gasteiger charge is -2.50. The molecule has 0 aromatic heterocycles. The highest BCUT2D eigenvalue weighted by Gasteiger charge is 2.37. The first kappa shape index (κ1) is 16.3. The Morgan fingerprint density at radius 3 is 1.50 bits per heavy atom. The van der Waals surface area contributed by atoms with Crippen molar-refractivity contribution in [3.8, 4) is 0 Å². The first-order valence-corrected chi connectivity index (χ1v) is 9.06. The summed E-state index contributed by atoms with van der Waals surface area (Å²) >= 11 is 0. The standard InChI is InChI=1S/C18H36N2/c1-15(2)9-11-19-13-14-20(12-10-16(3)4)18-8-6-5-7-17(18)19/h15-18H,5-14H2,1-4H3/t17-,18-/m0/s1. The van der Waals surface area contributed by atoms with Gasteiger partial charge in [-0.2, -0.15) is 0 Å². The van der Waals surface area contributed by atoms with Crippen LogP contribution in [0.1, 0.15) is 66.2 Å². The van der Waals surface area contributed by atoms with Gasteiger partial charge in [-0.25, -0.2) is 0 Å². The third kappa shape index (κ3) is 4.46. The molecule has 2 aliphatic rings. The predicted molar refractivity (Wildman–Crippen MR) is 88.1 cm³/mol. The van der Waals surface area contributed by atoms with E-state index in [9.17, 15) is 0 Å². The van der Waals surface area contributed by atoms with Gasteiger partial charge in [0.2, 0.25) is 0 Å². The largest absolute Gasteiger partial charge is 0.298 e. The molecule has 1 aliphatic carbocycles. The Morgan fingerprint density at radius 1 is 0.750 bits per heavy atom. The molecule has 2 atom stereocenters. The summed E-state index contributed by atoms with van der Waals surface area (Å²) in [5, 5.41) is 0. The highest BCUT2D eigenvalue weighted by molar-refractivity contribution is 4.94. The molecule has 1 saturated carbocycles. The van der Waals surface area contributed by atoms with E-state index in [1.165, 1.54) is 64.7 Å². The normalized spacial score (nSPS) is 29.1. The molecule has 118 valence electrons. The van der Waals surface area contributed by atoms with Gasteiger partial charge in [0.05, 0.1) is 0 Å². The lowest BCUT2D eigenvalue weighted by Crippen LogP contribution is -2.60. The topological polar surface area (TPSA) is 6.48 Å². The highest BCUT2D eigenvalue weighted by Crippen LogP contribution is 2.31. The minimum absolute atomic E-state index is 0.844. The van der Waals surface area contributed by atoms with Crippen LogP contribution >= 0.6 is 0 Å². The van der Waals surface area contributed by atoms with Crippen molar-refractivity contribution in [2.45, 2.75) is 78.3 Å². The third-order valence-electron chi connectivity index (χ3n) is 5.29. The van der Waals surface area contributed by atoms with Crippen LogP contribution in [0, 0.1) is 11.8 Å². The Morgan fingerprint density at radius 2 is 1.15 bits per heavy atom. The van der Waals surface area contributed by atoms with Crippen molar-refractivity contribution in [1.29, 1.82) is 0 Å². The summed E-state index contributed by atoms with van der Waals surface area (Å²) in [5.41, 5.74) is 0.